The van der Waals surface area contributed by atoms with Crippen LogP contribution in [-0.4, -0.2) is 10.7 Å². The number of hydrogen-bond donors (Lipinski definition) is 1. The number of ether oxygens (including phenoxy) is 1. The van der Waals surface area contributed by atoms with Crippen LogP contribution in [0.15, 0.2) is 48.8 Å². The van der Waals surface area contributed by atoms with Crippen LogP contribution in [0.1, 0.15) is 5.56 Å². The summed E-state index contributed by atoms with van der Waals surface area (Å²) in [5.41, 5.74) is 1.70. The average molecular weight is 230 g/mol. The van der Waals surface area contributed by atoms with Crippen molar-refractivity contribution in [3.63, 3.8) is 0 Å². The van der Waals surface area contributed by atoms with E-state index >= 15 is 0 Å². The van der Waals surface area contributed by atoms with Crippen LogP contribution in [0.25, 0.3) is 0 Å². The number of anilines is 1. The molecule has 0 unspecified atom stereocenters. The Labute approximate surface area is 99.8 Å². The molecule has 17 heavy (non-hydrogen) atoms. The molecule has 0 saturated heterocycles. The summed E-state index contributed by atoms with van der Waals surface area (Å²) in [6, 6.07) is 11.4. The number of amides is 1. The van der Waals surface area contributed by atoms with Gasteiger partial charge in [0.25, 0.3) is 0 Å². The Bertz CT molecular complexity index is 491. The van der Waals surface area contributed by atoms with E-state index in [2.05, 4.69) is 5.32 Å². The first-order valence-corrected chi connectivity index (χ1v) is 5.34. The van der Waals surface area contributed by atoms with Crippen molar-refractivity contribution in [3.05, 3.63) is 54.4 Å². The molecule has 1 N–H and O–H groups in total. The molecule has 0 saturated carbocycles. The lowest BCUT2D eigenvalue weighted by Gasteiger charge is -2.05. The predicted octanol–water partition coefficient (Wildman–Crippen LogP) is 2.77. The third-order valence-corrected chi connectivity index (χ3v) is 2.29. The van der Waals surface area contributed by atoms with Gasteiger partial charge >= 0.3 is 6.09 Å². The van der Waals surface area contributed by atoms with Gasteiger partial charge in [0.2, 0.25) is 0 Å². The van der Waals surface area contributed by atoms with Gasteiger partial charge in [-0.05, 0) is 11.6 Å². The quantitative estimate of drug-likeness (QED) is 0.881. The van der Waals surface area contributed by atoms with Gasteiger partial charge in [0.1, 0.15) is 6.61 Å². The Kier molecular flexibility index (Phi) is 3.45. The zero-order chi connectivity index (χ0) is 12.1. The highest BCUT2D eigenvalue weighted by molar-refractivity contribution is 5.84. The molecule has 0 aliphatic heterocycles. The van der Waals surface area contributed by atoms with Crippen molar-refractivity contribution in [3.8, 4) is 0 Å². The summed E-state index contributed by atoms with van der Waals surface area (Å²) in [7, 11) is 1.89. The molecule has 1 amide bonds. The van der Waals surface area contributed by atoms with Gasteiger partial charge in [-0.3, -0.25) is 5.32 Å². The highest BCUT2D eigenvalue weighted by Crippen LogP contribution is 2.07. The highest BCUT2D eigenvalue weighted by Gasteiger charge is 2.03. The standard InChI is InChI=1S/C13H14N2O2/c1-15-8-7-12(9-15)14-13(16)17-10-11-5-3-2-4-6-11/h2-9H,10H2,1H3,(H,14,16). The molecule has 2 rings (SSSR count). The monoisotopic (exact) mass is 230 g/mol. The summed E-state index contributed by atoms with van der Waals surface area (Å²) in [6.45, 7) is 0.277. The first-order chi connectivity index (χ1) is 8.24. The first kappa shape index (κ1) is 11.3. The van der Waals surface area contributed by atoms with Crippen LogP contribution in [0.5, 0.6) is 0 Å². The lowest BCUT2D eigenvalue weighted by molar-refractivity contribution is 0.155. The molecule has 2 aromatic rings. The minimum Gasteiger partial charge on any atom is -0.444 e. The Hall–Kier alpha value is -2.23. The van der Waals surface area contributed by atoms with E-state index in [9.17, 15) is 4.79 Å². The normalized spacial score (nSPS) is 9.94. The van der Waals surface area contributed by atoms with Gasteiger partial charge in [-0.2, -0.15) is 0 Å². The molecule has 88 valence electrons. The maximum absolute atomic E-state index is 11.5. The summed E-state index contributed by atoms with van der Waals surface area (Å²) in [5.74, 6) is 0. The third kappa shape index (κ3) is 3.38. The van der Waals surface area contributed by atoms with Gasteiger partial charge in [-0.15, -0.1) is 0 Å². The van der Waals surface area contributed by atoms with E-state index < -0.39 is 6.09 Å². The number of hydrogen-bond acceptors (Lipinski definition) is 2. The number of aryl methyl sites for hydroxylation is 1. The summed E-state index contributed by atoms with van der Waals surface area (Å²) < 4.78 is 6.94. The molecule has 1 heterocycles. The van der Waals surface area contributed by atoms with E-state index in [1.54, 1.807) is 0 Å². The third-order valence-electron chi connectivity index (χ3n) is 2.29. The van der Waals surface area contributed by atoms with Crippen molar-refractivity contribution in [2.45, 2.75) is 6.61 Å². The number of benzene rings is 1. The van der Waals surface area contributed by atoms with E-state index in [0.29, 0.717) is 0 Å². The second-order valence-corrected chi connectivity index (χ2v) is 3.75. The van der Waals surface area contributed by atoms with Crippen LogP contribution in [0.4, 0.5) is 10.5 Å². The molecule has 0 atom stereocenters. The molecule has 4 nitrogen and oxygen atoms in total. The fourth-order valence-electron chi connectivity index (χ4n) is 1.45. The van der Waals surface area contributed by atoms with E-state index in [1.165, 1.54) is 0 Å². The molecular formula is C13H14N2O2. The fraction of sp³-hybridized carbons (Fsp3) is 0.154. The van der Waals surface area contributed by atoms with E-state index in [-0.39, 0.29) is 6.61 Å². The molecule has 4 heteroatoms. The van der Waals surface area contributed by atoms with Crippen LogP contribution < -0.4 is 5.32 Å². The Balaban J connectivity index is 1.82. The molecule has 0 aliphatic carbocycles. The van der Waals surface area contributed by atoms with Gasteiger partial charge in [0, 0.05) is 19.4 Å². The average Bonchev–Trinajstić information content (AvgIpc) is 2.73. The predicted molar refractivity (Wildman–Crippen MR) is 65.7 cm³/mol. The lowest BCUT2D eigenvalue weighted by Crippen LogP contribution is -2.13. The Morgan fingerprint density at radius 1 is 1.29 bits per heavy atom. The second kappa shape index (κ2) is 5.21. The number of carbonyl (C=O) groups is 1. The van der Waals surface area contributed by atoms with Crippen molar-refractivity contribution in [1.29, 1.82) is 0 Å². The van der Waals surface area contributed by atoms with Crippen molar-refractivity contribution in [2.75, 3.05) is 5.32 Å². The number of carbonyl (C=O) groups excluding carboxylic acids is 1. The SMILES string of the molecule is Cn1ccc(NC(=O)OCc2ccccc2)c1. The number of rotatable bonds is 3. The van der Waals surface area contributed by atoms with Gasteiger partial charge < -0.3 is 9.30 Å². The van der Waals surface area contributed by atoms with Crippen LogP contribution in [0.2, 0.25) is 0 Å². The van der Waals surface area contributed by atoms with Crippen LogP contribution >= 0.6 is 0 Å². The van der Waals surface area contributed by atoms with Gasteiger partial charge in [0.15, 0.2) is 0 Å². The number of nitrogens with one attached hydrogen (secondary N) is 1. The van der Waals surface area contributed by atoms with Crippen molar-refractivity contribution in [2.24, 2.45) is 7.05 Å². The van der Waals surface area contributed by atoms with Crippen molar-refractivity contribution < 1.29 is 9.53 Å². The van der Waals surface area contributed by atoms with Gasteiger partial charge in [-0.1, -0.05) is 30.3 Å². The second-order valence-electron chi connectivity index (χ2n) is 3.75. The summed E-state index contributed by atoms with van der Waals surface area (Å²) in [6.07, 6.45) is 3.22. The van der Waals surface area contributed by atoms with E-state index in [0.717, 1.165) is 11.3 Å². The molecule has 0 bridgehead atoms. The number of nitrogens with zero attached hydrogens (tertiary/aromatic N) is 1. The van der Waals surface area contributed by atoms with Gasteiger partial charge in [-0.25, -0.2) is 4.79 Å². The largest absolute Gasteiger partial charge is 0.444 e. The lowest BCUT2D eigenvalue weighted by atomic mass is 10.2. The fourth-order valence-corrected chi connectivity index (χ4v) is 1.45. The van der Waals surface area contributed by atoms with Crippen LogP contribution in [-0.2, 0) is 18.4 Å². The molecule has 0 aliphatic rings. The minimum absolute atomic E-state index is 0.277. The maximum Gasteiger partial charge on any atom is 0.412 e. The van der Waals surface area contributed by atoms with Crippen molar-refractivity contribution in [1.82, 2.24) is 4.57 Å². The molecule has 1 aromatic carbocycles. The molecule has 0 radical (unpaired) electrons. The van der Waals surface area contributed by atoms with Crippen LogP contribution in [0.3, 0.4) is 0 Å². The van der Waals surface area contributed by atoms with E-state index in [1.807, 2.05) is 60.4 Å². The molecular weight excluding hydrogens is 216 g/mol. The zero-order valence-electron chi connectivity index (χ0n) is 9.59. The molecule has 0 fully saturated rings. The summed E-state index contributed by atoms with van der Waals surface area (Å²) in [5, 5.41) is 2.65. The van der Waals surface area contributed by atoms with Crippen molar-refractivity contribution >= 4 is 11.8 Å². The molecule has 0 spiro atoms. The number of aromatic nitrogens is 1. The zero-order valence-corrected chi connectivity index (χ0v) is 9.59. The minimum atomic E-state index is -0.444. The summed E-state index contributed by atoms with van der Waals surface area (Å²) >= 11 is 0. The van der Waals surface area contributed by atoms with Crippen LogP contribution in [0, 0.1) is 0 Å². The smallest absolute Gasteiger partial charge is 0.412 e. The Morgan fingerprint density at radius 2 is 2.06 bits per heavy atom. The maximum atomic E-state index is 11.5. The first-order valence-electron chi connectivity index (χ1n) is 5.34. The topological polar surface area (TPSA) is 43.3 Å². The van der Waals surface area contributed by atoms with E-state index in [4.69, 9.17) is 4.74 Å². The molecule has 1 aromatic heterocycles. The summed E-state index contributed by atoms with van der Waals surface area (Å²) in [4.78, 5) is 11.5. The Morgan fingerprint density at radius 3 is 2.71 bits per heavy atom. The van der Waals surface area contributed by atoms with Gasteiger partial charge in [0.05, 0.1) is 5.69 Å². The highest BCUT2D eigenvalue weighted by atomic mass is 16.5.